The number of aliphatic hydroxyl groups is 1. The molecule has 2 nitrogen and oxygen atoms in total. The summed E-state index contributed by atoms with van der Waals surface area (Å²) in [5, 5.41) is 9.64. The van der Waals surface area contributed by atoms with Gasteiger partial charge in [-0.1, -0.05) is 0 Å². The fraction of sp³-hybridized carbons (Fsp3) is 1.00. The molecule has 0 aromatic rings. The first-order chi connectivity index (χ1) is 4.51. The van der Waals surface area contributed by atoms with Crippen LogP contribution in [0, 0.1) is 0 Å². The molecule has 60 valence electrons. The molecular weight excluding hydrogens is 126 g/mol. The summed E-state index contributed by atoms with van der Waals surface area (Å²) >= 11 is 0. The molecule has 0 spiro atoms. The minimum absolute atomic E-state index is 0.411. The van der Waals surface area contributed by atoms with Crippen LogP contribution < -0.4 is 0 Å². The lowest BCUT2D eigenvalue weighted by atomic mass is 9.89. The van der Waals surface area contributed by atoms with Gasteiger partial charge in [-0.05, 0) is 33.7 Å². The lowest BCUT2D eigenvalue weighted by Crippen LogP contribution is -2.45. The second kappa shape index (κ2) is 2.51. The maximum atomic E-state index is 9.64. The van der Waals surface area contributed by atoms with E-state index in [4.69, 9.17) is 0 Å². The summed E-state index contributed by atoms with van der Waals surface area (Å²) in [6.45, 7) is 5.11. The molecule has 1 fully saturated rings. The maximum Gasteiger partial charge on any atom is 0.0646 e. The predicted octanol–water partition coefficient (Wildman–Crippen LogP) is 0.851. The van der Waals surface area contributed by atoms with Crippen LogP contribution >= 0.6 is 0 Å². The first kappa shape index (κ1) is 8.02. The van der Waals surface area contributed by atoms with Gasteiger partial charge in [-0.2, -0.15) is 0 Å². The molecule has 0 aromatic carbocycles. The summed E-state index contributed by atoms with van der Waals surface area (Å²) in [5.41, 5.74) is -0.411. The van der Waals surface area contributed by atoms with Crippen LogP contribution in [0.2, 0.25) is 0 Å². The highest BCUT2D eigenvalue weighted by Gasteiger charge is 2.30. The number of hydrogen-bond donors (Lipinski definition) is 1. The molecule has 2 atom stereocenters. The van der Waals surface area contributed by atoms with Crippen molar-refractivity contribution in [3.63, 3.8) is 0 Å². The van der Waals surface area contributed by atoms with Crippen LogP contribution in [-0.4, -0.2) is 35.2 Å². The molecule has 1 rings (SSSR count). The van der Waals surface area contributed by atoms with Crippen molar-refractivity contribution in [1.29, 1.82) is 0 Å². The standard InChI is InChI=1S/C8H17NO/c1-7-6-8(2,10)4-5-9(7)3/h7,10H,4-6H2,1-3H3. The normalized spacial score (nSPS) is 43.8. The zero-order valence-electron chi connectivity index (χ0n) is 7.09. The highest BCUT2D eigenvalue weighted by atomic mass is 16.3. The Morgan fingerprint density at radius 2 is 2.20 bits per heavy atom. The van der Waals surface area contributed by atoms with E-state index in [1.807, 2.05) is 6.92 Å². The topological polar surface area (TPSA) is 23.5 Å². The van der Waals surface area contributed by atoms with E-state index in [0.717, 1.165) is 19.4 Å². The lowest BCUT2D eigenvalue weighted by molar-refractivity contribution is -0.0209. The predicted molar refractivity (Wildman–Crippen MR) is 41.9 cm³/mol. The molecule has 2 unspecified atom stereocenters. The van der Waals surface area contributed by atoms with E-state index < -0.39 is 5.60 Å². The highest BCUT2D eigenvalue weighted by molar-refractivity contribution is 4.85. The Morgan fingerprint density at radius 1 is 1.60 bits per heavy atom. The van der Waals surface area contributed by atoms with Crippen LogP contribution in [0.4, 0.5) is 0 Å². The summed E-state index contributed by atoms with van der Waals surface area (Å²) in [7, 11) is 2.11. The van der Waals surface area contributed by atoms with E-state index in [9.17, 15) is 5.11 Å². The van der Waals surface area contributed by atoms with Crippen molar-refractivity contribution in [3.8, 4) is 0 Å². The fourth-order valence-electron chi connectivity index (χ4n) is 1.53. The molecule has 0 saturated carbocycles. The molecule has 1 heterocycles. The quantitative estimate of drug-likeness (QED) is 0.543. The Hall–Kier alpha value is -0.0800. The van der Waals surface area contributed by atoms with E-state index in [1.54, 1.807) is 0 Å². The van der Waals surface area contributed by atoms with Gasteiger partial charge in [-0.15, -0.1) is 0 Å². The SMILES string of the molecule is CC1CC(C)(O)CCN1C. The van der Waals surface area contributed by atoms with Crippen LogP contribution in [0.5, 0.6) is 0 Å². The first-order valence-corrected chi connectivity index (χ1v) is 3.94. The molecule has 2 heteroatoms. The van der Waals surface area contributed by atoms with Crippen molar-refractivity contribution in [1.82, 2.24) is 4.90 Å². The molecule has 1 N–H and O–H groups in total. The van der Waals surface area contributed by atoms with E-state index in [-0.39, 0.29) is 0 Å². The average molecular weight is 143 g/mol. The largest absolute Gasteiger partial charge is 0.390 e. The van der Waals surface area contributed by atoms with Crippen molar-refractivity contribution < 1.29 is 5.11 Å². The van der Waals surface area contributed by atoms with Crippen LogP contribution in [-0.2, 0) is 0 Å². The van der Waals surface area contributed by atoms with E-state index in [0.29, 0.717) is 6.04 Å². The highest BCUT2D eigenvalue weighted by Crippen LogP contribution is 2.24. The smallest absolute Gasteiger partial charge is 0.0646 e. The Balaban J connectivity index is 2.49. The van der Waals surface area contributed by atoms with E-state index in [2.05, 4.69) is 18.9 Å². The Kier molecular flexibility index (Phi) is 2.02. The molecular formula is C8H17NO. The molecule has 0 radical (unpaired) electrons. The Labute approximate surface area is 62.8 Å². The van der Waals surface area contributed by atoms with Crippen LogP contribution in [0.25, 0.3) is 0 Å². The summed E-state index contributed by atoms with van der Waals surface area (Å²) in [6, 6.07) is 0.531. The van der Waals surface area contributed by atoms with Crippen molar-refractivity contribution in [3.05, 3.63) is 0 Å². The van der Waals surface area contributed by atoms with Crippen molar-refractivity contribution in [2.75, 3.05) is 13.6 Å². The second-order valence-corrected chi connectivity index (χ2v) is 3.78. The first-order valence-electron chi connectivity index (χ1n) is 3.94. The third-order valence-corrected chi connectivity index (χ3v) is 2.49. The number of nitrogens with zero attached hydrogens (tertiary/aromatic N) is 1. The Morgan fingerprint density at radius 3 is 2.60 bits per heavy atom. The van der Waals surface area contributed by atoms with Gasteiger partial charge in [0.05, 0.1) is 5.60 Å². The van der Waals surface area contributed by atoms with Gasteiger partial charge in [-0.3, -0.25) is 0 Å². The van der Waals surface area contributed by atoms with Crippen LogP contribution in [0.1, 0.15) is 26.7 Å². The second-order valence-electron chi connectivity index (χ2n) is 3.78. The van der Waals surface area contributed by atoms with Crippen LogP contribution in [0.3, 0.4) is 0 Å². The van der Waals surface area contributed by atoms with Gasteiger partial charge >= 0.3 is 0 Å². The summed E-state index contributed by atoms with van der Waals surface area (Å²) in [6.07, 6.45) is 1.82. The van der Waals surface area contributed by atoms with Crippen molar-refractivity contribution in [2.45, 2.75) is 38.3 Å². The molecule has 1 aliphatic heterocycles. The zero-order chi connectivity index (χ0) is 7.78. The van der Waals surface area contributed by atoms with E-state index in [1.165, 1.54) is 0 Å². The fourth-order valence-corrected chi connectivity index (χ4v) is 1.53. The summed E-state index contributed by atoms with van der Waals surface area (Å²) in [5.74, 6) is 0. The number of piperidine rings is 1. The molecule has 0 aromatic heterocycles. The van der Waals surface area contributed by atoms with Gasteiger partial charge in [0, 0.05) is 12.6 Å². The maximum absolute atomic E-state index is 9.64. The number of likely N-dealkylation sites (tertiary alicyclic amines) is 1. The minimum atomic E-state index is -0.411. The van der Waals surface area contributed by atoms with Gasteiger partial charge in [0.2, 0.25) is 0 Å². The molecule has 1 aliphatic rings. The third-order valence-electron chi connectivity index (χ3n) is 2.49. The zero-order valence-corrected chi connectivity index (χ0v) is 7.09. The van der Waals surface area contributed by atoms with Gasteiger partial charge in [0.25, 0.3) is 0 Å². The summed E-state index contributed by atoms with van der Waals surface area (Å²) in [4.78, 5) is 2.29. The van der Waals surface area contributed by atoms with Gasteiger partial charge in [-0.25, -0.2) is 0 Å². The molecule has 0 bridgehead atoms. The van der Waals surface area contributed by atoms with Gasteiger partial charge in [0.1, 0.15) is 0 Å². The third kappa shape index (κ3) is 1.70. The summed E-state index contributed by atoms with van der Waals surface area (Å²) < 4.78 is 0. The number of rotatable bonds is 0. The molecule has 1 saturated heterocycles. The number of hydrogen-bond acceptors (Lipinski definition) is 2. The monoisotopic (exact) mass is 143 g/mol. The van der Waals surface area contributed by atoms with Crippen LogP contribution in [0.15, 0.2) is 0 Å². The van der Waals surface area contributed by atoms with Gasteiger partial charge < -0.3 is 10.0 Å². The lowest BCUT2D eigenvalue weighted by Gasteiger charge is -2.38. The minimum Gasteiger partial charge on any atom is -0.390 e. The molecule has 10 heavy (non-hydrogen) atoms. The molecule has 0 aliphatic carbocycles. The van der Waals surface area contributed by atoms with Crippen molar-refractivity contribution in [2.24, 2.45) is 0 Å². The van der Waals surface area contributed by atoms with Gasteiger partial charge in [0.15, 0.2) is 0 Å². The van der Waals surface area contributed by atoms with E-state index >= 15 is 0 Å². The Bertz CT molecular complexity index is 122. The van der Waals surface area contributed by atoms with Crippen molar-refractivity contribution >= 4 is 0 Å². The average Bonchev–Trinajstić information content (AvgIpc) is 1.79. The molecule has 0 amide bonds.